The summed E-state index contributed by atoms with van der Waals surface area (Å²) in [6.07, 6.45) is 8.03. The Balaban J connectivity index is 1.09. The maximum absolute atomic E-state index is 13.1. The quantitative estimate of drug-likeness (QED) is 0.512. The molecule has 4 amide bonds. The zero-order valence-corrected chi connectivity index (χ0v) is 23.8. The summed E-state index contributed by atoms with van der Waals surface area (Å²) in [5.74, 6) is 0.256. The Morgan fingerprint density at radius 2 is 1.62 bits per heavy atom. The van der Waals surface area contributed by atoms with Gasteiger partial charge in [-0.1, -0.05) is 24.3 Å². The van der Waals surface area contributed by atoms with Crippen LogP contribution in [0.25, 0.3) is 0 Å². The lowest BCUT2D eigenvalue weighted by molar-refractivity contribution is -0.127. The maximum atomic E-state index is 13.1. The highest BCUT2D eigenvalue weighted by atomic mass is 16.2. The maximum Gasteiger partial charge on any atom is 0.323 e. The number of nitrogens with one attached hydrogen (secondary N) is 3. The average Bonchev–Trinajstić information content (AvgIpc) is 3.59. The number of benzene rings is 1. The molecule has 0 radical (unpaired) electrons. The van der Waals surface area contributed by atoms with Crippen molar-refractivity contribution in [1.29, 1.82) is 0 Å². The number of nitrogens with zero attached hydrogens (tertiary/aromatic N) is 4. The van der Waals surface area contributed by atoms with Gasteiger partial charge in [0.15, 0.2) is 11.5 Å². The molecule has 214 valence electrons. The second-order valence-electron chi connectivity index (χ2n) is 12.2. The Morgan fingerprint density at radius 1 is 0.950 bits per heavy atom. The fourth-order valence-electron chi connectivity index (χ4n) is 6.24. The van der Waals surface area contributed by atoms with Gasteiger partial charge in [-0.15, -0.1) is 0 Å². The molecule has 3 N–H and O–H groups in total. The third-order valence-electron chi connectivity index (χ3n) is 8.41. The molecule has 1 aromatic carbocycles. The minimum atomic E-state index is -0.344. The van der Waals surface area contributed by atoms with Crippen LogP contribution in [0.15, 0.2) is 36.7 Å². The van der Waals surface area contributed by atoms with Crippen molar-refractivity contribution in [3.8, 4) is 0 Å². The van der Waals surface area contributed by atoms with Gasteiger partial charge >= 0.3 is 6.03 Å². The van der Waals surface area contributed by atoms with E-state index in [0.717, 1.165) is 45.1 Å². The first-order valence-corrected chi connectivity index (χ1v) is 14.5. The van der Waals surface area contributed by atoms with Crippen molar-refractivity contribution in [2.75, 3.05) is 31.5 Å². The molecule has 10 heteroatoms. The van der Waals surface area contributed by atoms with Crippen molar-refractivity contribution in [3.63, 3.8) is 0 Å². The second-order valence-corrected chi connectivity index (χ2v) is 12.2. The summed E-state index contributed by atoms with van der Waals surface area (Å²) >= 11 is 0. The van der Waals surface area contributed by atoms with Gasteiger partial charge < -0.3 is 15.5 Å². The number of likely N-dealkylation sites (tertiary alicyclic amines) is 2. The van der Waals surface area contributed by atoms with Crippen LogP contribution in [-0.4, -0.2) is 81.4 Å². The van der Waals surface area contributed by atoms with Gasteiger partial charge in [-0.3, -0.25) is 19.8 Å². The van der Waals surface area contributed by atoms with Gasteiger partial charge in [-0.05, 0) is 82.9 Å². The lowest BCUT2D eigenvalue weighted by atomic mass is 9.96. The van der Waals surface area contributed by atoms with Crippen LogP contribution in [-0.2, 0) is 17.6 Å². The van der Waals surface area contributed by atoms with E-state index in [1.165, 1.54) is 23.5 Å². The van der Waals surface area contributed by atoms with E-state index in [1.807, 2.05) is 12.1 Å². The molecule has 0 unspecified atom stereocenters. The molecular formula is C30H41N7O3. The number of piperidine rings is 1. The Hall–Kier alpha value is -3.53. The van der Waals surface area contributed by atoms with Gasteiger partial charge in [0, 0.05) is 43.6 Å². The van der Waals surface area contributed by atoms with Crippen molar-refractivity contribution in [3.05, 3.63) is 53.5 Å². The lowest BCUT2D eigenvalue weighted by Gasteiger charge is -2.36. The van der Waals surface area contributed by atoms with Gasteiger partial charge in [-0.2, -0.15) is 0 Å². The molecule has 10 nitrogen and oxygen atoms in total. The fourth-order valence-corrected chi connectivity index (χ4v) is 6.24. The van der Waals surface area contributed by atoms with E-state index >= 15 is 0 Å². The van der Waals surface area contributed by atoms with Gasteiger partial charge in [0.25, 0.3) is 5.91 Å². The average molecular weight is 548 g/mol. The molecule has 2 fully saturated rings. The Morgan fingerprint density at radius 3 is 2.30 bits per heavy atom. The number of carbonyl (C=O) groups is 3. The molecule has 3 aliphatic rings. The largest absolute Gasteiger partial charge is 0.354 e. The first kappa shape index (κ1) is 28.0. The SMILES string of the molecule is CC(C)(C)N1CCC[C@H]1C(=O)NCC1CCN(C(=O)Nc2nccnc2C(=O)NC2Cc3ccccc3C2)CC1. The van der Waals surface area contributed by atoms with Gasteiger partial charge in [0.1, 0.15) is 0 Å². The number of amides is 4. The molecule has 0 spiro atoms. The molecule has 1 aliphatic carbocycles. The number of hydrogen-bond acceptors (Lipinski definition) is 6. The van der Waals surface area contributed by atoms with Crippen LogP contribution in [0.5, 0.6) is 0 Å². The molecule has 1 atom stereocenters. The molecule has 2 aliphatic heterocycles. The summed E-state index contributed by atoms with van der Waals surface area (Å²) in [5.41, 5.74) is 2.58. The first-order chi connectivity index (χ1) is 19.2. The number of carbonyl (C=O) groups excluding carboxylic acids is 3. The molecule has 3 heterocycles. The third-order valence-corrected chi connectivity index (χ3v) is 8.41. The van der Waals surface area contributed by atoms with Crippen molar-refractivity contribution >= 4 is 23.7 Å². The zero-order valence-electron chi connectivity index (χ0n) is 23.8. The van der Waals surface area contributed by atoms with E-state index in [2.05, 4.69) is 63.7 Å². The van der Waals surface area contributed by atoms with E-state index in [4.69, 9.17) is 0 Å². The predicted octanol–water partition coefficient (Wildman–Crippen LogP) is 3.00. The molecule has 1 aromatic heterocycles. The number of hydrogen-bond donors (Lipinski definition) is 3. The highest BCUT2D eigenvalue weighted by Crippen LogP contribution is 2.27. The predicted molar refractivity (Wildman–Crippen MR) is 153 cm³/mol. The highest BCUT2D eigenvalue weighted by Gasteiger charge is 2.37. The smallest absolute Gasteiger partial charge is 0.323 e. The van der Waals surface area contributed by atoms with Crippen molar-refractivity contribution in [2.24, 2.45) is 5.92 Å². The molecule has 40 heavy (non-hydrogen) atoms. The lowest BCUT2D eigenvalue weighted by Crippen LogP contribution is -2.52. The normalized spacial score (nSPS) is 20.3. The van der Waals surface area contributed by atoms with Crippen LogP contribution < -0.4 is 16.0 Å². The first-order valence-electron chi connectivity index (χ1n) is 14.5. The zero-order chi connectivity index (χ0) is 28.3. The van der Waals surface area contributed by atoms with Crippen LogP contribution in [0.1, 0.15) is 68.1 Å². The summed E-state index contributed by atoms with van der Waals surface area (Å²) in [6.45, 7) is 9.21. The summed E-state index contributed by atoms with van der Waals surface area (Å²) in [7, 11) is 0. The number of anilines is 1. The second kappa shape index (κ2) is 11.9. The summed E-state index contributed by atoms with van der Waals surface area (Å²) < 4.78 is 0. The highest BCUT2D eigenvalue weighted by molar-refractivity contribution is 6.00. The minimum absolute atomic E-state index is 0.0137. The monoisotopic (exact) mass is 547 g/mol. The minimum Gasteiger partial charge on any atom is -0.354 e. The Labute approximate surface area is 236 Å². The van der Waals surface area contributed by atoms with E-state index in [9.17, 15) is 14.4 Å². The van der Waals surface area contributed by atoms with Gasteiger partial charge in [0.05, 0.1) is 6.04 Å². The third kappa shape index (κ3) is 6.43. The van der Waals surface area contributed by atoms with Gasteiger partial charge in [-0.25, -0.2) is 14.8 Å². The Kier molecular flexibility index (Phi) is 8.35. The standard InChI is InChI=1S/C30H41N7O3/c1-30(2,3)37-14-6-9-24(37)27(38)33-19-20-10-15-36(16-11-20)29(40)35-26-25(31-12-13-32-26)28(39)34-23-17-21-7-4-5-8-22(21)18-23/h4-5,7-8,12-13,20,23-24H,6,9-11,14-19H2,1-3H3,(H,33,38)(H,34,39)(H,32,35,40)/t24-/m0/s1. The van der Waals surface area contributed by atoms with Crippen molar-refractivity contribution in [1.82, 2.24) is 30.4 Å². The molecule has 2 saturated heterocycles. The molecule has 0 saturated carbocycles. The van der Waals surface area contributed by atoms with E-state index < -0.39 is 0 Å². The topological polar surface area (TPSA) is 120 Å². The van der Waals surface area contributed by atoms with E-state index in [-0.39, 0.29) is 47.0 Å². The fraction of sp³-hybridized carbons (Fsp3) is 0.567. The number of fused-ring (bicyclic) bond motifs is 1. The van der Waals surface area contributed by atoms with E-state index in [0.29, 0.717) is 25.6 Å². The van der Waals surface area contributed by atoms with Crippen molar-refractivity contribution < 1.29 is 14.4 Å². The number of urea groups is 1. The van der Waals surface area contributed by atoms with Gasteiger partial charge in [0.2, 0.25) is 5.91 Å². The molecule has 0 bridgehead atoms. The molecular weight excluding hydrogens is 506 g/mol. The van der Waals surface area contributed by atoms with Crippen LogP contribution in [0.3, 0.4) is 0 Å². The van der Waals surface area contributed by atoms with Crippen molar-refractivity contribution in [2.45, 2.75) is 76.9 Å². The van der Waals surface area contributed by atoms with Crippen LogP contribution in [0.2, 0.25) is 0 Å². The number of aromatic nitrogens is 2. The van der Waals surface area contributed by atoms with E-state index in [1.54, 1.807) is 4.90 Å². The summed E-state index contributed by atoms with van der Waals surface area (Å²) in [6, 6.07) is 7.82. The van der Waals surface area contributed by atoms with Crippen LogP contribution >= 0.6 is 0 Å². The molecule has 2 aromatic rings. The molecule has 5 rings (SSSR count). The van der Waals surface area contributed by atoms with Crippen LogP contribution in [0.4, 0.5) is 10.6 Å². The number of rotatable bonds is 6. The summed E-state index contributed by atoms with van der Waals surface area (Å²) in [4.78, 5) is 51.5. The van der Waals surface area contributed by atoms with Crippen LogP contribution in [0, 0.1) is 5.92 Å². The Bertz CT molecular complexity index is 1210. The summed E-state index contributed by atoms with van der Waals surface area (Å²) in [5, 5.41) is 9.03.